The molecule has 606 valence electrons. The number of nitrogens with zero attached hydrogens (tertiary/aromatic N) is 17. The predicted octanol–water partition coefficient (Wildman–Crippen LogP) is 10.9. The van der Waals surface area contributed by atoms with Gasteiger partial charge in [-0.15, -0.1) is 0 Å². The third-order valence-electron chi connectivity index (χ3n) is 17.8. The first kappa shape index (κ1) is 88.1. The molecule has 4 aromatic heterocycles. The topological polar surface area (TPSA) is 349 Å². The van der Waals surface area contributed by atoms with Gasteiger partial charge >= 0.3 is 5.97 Å². The van der Waals surface area contributed by atoms with Crippen molar-refractivity contribution < 1.29 is 44.7 Å². The molecule has 5 N–H and O–H groups in total. The number of carboxylic acid groups (broad SMARTS) is 1. The molecule has 0 aliphatic carbocycles. The second kappa shape index (κ2) is 41.9. The maximum Gasteiger partial charge on any atom is 0.354 e. The number of rotatable bonds is 22. The zero-order valence-electron chi connectivity index (χ0n) is 65.6. The molecule has 9 heterocycles. The lowest BCUT2D eigenvalue weighted by molar-refractivity contribution is 0.0687. The number of halogens is 2. The zero-order valence-corrected chi connectivity index (χ0v) is 69.6. The SMILES string of the molecule is CC(C)CS(=O)(=O)N1C=NN(c2ccc(CN)cc2)CC1.CC1CCCO1.CCc1ccc(N2CCN(S(=O)(=O)CC(C)C)C=N2)cc1.CCc1ccc(N2CCN=CN2)cc1.CCc1nc2ncc(Cl)cn2c1C(=O)NCc1ccc(N2CCN(S(=O)(=O)CC(C)C)C=N2)cc1.CCc1nc2ncc(Cl)cn2c1C(=O)O. The van der Waals surface area contributed by atoms with Gasteiger partial charge in [-0.3, -0.25) is 57.0 Å². The number of aromatic nitrogens is 6. The van der Waals surface area contributed by atoms with Crippen LogP contribution in [0.4, 0.5) is 22.7 Å². The minimum atomic E-state index is -3.35. The molecule has 5 aliphatic rings. The maximum atomic E-state index is 13.0. The molecule has 0 bridgehead atoms. The summed E-state index contributed by atoms with van der Waals surface area (Å²) in [7, 11) is -9.85. The average Bonchev–Trinajstić information content (AvgIpc) is 1.63. The Morgan fingerprint density at radius 3 is 1.27 bits per heavy atom. The molecule has 30 nitrogen and oxygen atoms in total. The van der Waals surface area contributed by atoms with E-state index in [1.165, 1.54) is 84.6 Å². The molecule has 0 saturated carbocycles. The van der Waals surface area contributed by atoms with Crippen molar-refractivity contribution in [1.29, 1.82) is 0 Å². The summed E-state index contributed by atoms with van der Waals surface area (Å²) in [6.07, 6.45) is 18.3. The highest BCUT2D eigenvalue weighted by molar-refractivity contribution is 7.90. The fraction of sp³-hybridized carbons (Fsp3) is 0.455. The van der Waals surface area contributed by atoms with E-state index in [9.17, 15) is 34.8 Å². The van der Waals surface area contributed by atoms with Gasteiger partial charge in [-0.05, 0) is 134 Å². The van der Waals surface area contributed by atoms with Crippen molar-refractivity contribution in [3.8, 4) is 0 Å². The number of hydrazone groups is 3. The summed E-state index contributed by atoms with van der Waals surface area (Å²) in [6, 6.07) is 32.2. The number of ether oxygens (including phenoxy) is 1. The number of hydrazine groups is 1. The Morgan fingerprint density at radius 1 is 0.554 bits per heavy atom. The van der Waals surface area contributed by atoms with Gasteiger partial charge < -0.3 is 20.9 Å². The van der Waals surface area contributed by atoms with Crippen LogP contribution in [-0.2, 0) is 73.6 Å². The van der Waals surface area contributed by atoms with Gasteiger partial charge in [0.05, 0.1) is 132 Å². The largest absolute Gasteiger partial charge is 0.477 e. The summed E-state index contributed by atoms with van der Waals surface area (Å²) in [4.78, 5) is 44.8. The van der Waals surface area contributed by atoms with E-state index in [-0.39, 0.29) is 46.6 Å². The second-order valence-corrected chi connectivity index (χ2v) is 34.8. The number of hydrogen-bond acceptors (Lipinski definition) is 23. The van der Waals surface area contributed by atoms with Crippen LogP contribution in [0.2, 0.25) is 10.0 Å². The molecule has 13 rings (SSSR count). The molecule has 1 atom stereocenters. The van der Waals surface area contributed by atoms with E-state index in [4.69, 9.17) is 38.8 Å². The highest BCUT2D eigenvalue weighted by Gasteiger charge is 2.29. The lowest BCUT2D eigenvalue weighted by atomic mass is 10.1. The van der Waals surface area contributed by atoms with Crippen LogP contribution in [0.1, 0.15) is 144 Å². The summed E-state index contributed by atoms with van der Waals surface area (Å²) in [5.74, 6) is 0.163. The van der Waals surface area contributed by atoms with Gasteiger partial charge in [0.1, 0.15) is 31.0 Å². The van der Waals surface area contributed by atoms with Gasteiger partial charge in [-0.25, -0.2) is 50.0 Å². The third kappa shape index (κ3) is 25.5. The predicted molar refractivity (Wildman–Crippen MR) is 447 cm³/mol. The van der Waals surface area contributed by atoms with Gasteiger partial charge in [-0.1, -0.05) is 141 Å². The van der Waals surface area contributed by atoms with Crippen molar-refractivity contribution in [3.63, 3.8) is 0 Å². The number of fused-ring (bicyclic) bond motifs is 2. The minimum absolute atomic E-state index is 0.0511. The van der Waals surface area contributed by atoms with Crippen LogP contribution in [0.25, 0.3) is 11.6 Å². The molecule has 35 heteroatoms. The summed E-state index contributed by atoms with van der Waals surface area (Å²) in [5, 5.41) is 33.1. The van der Waals surface area contributed by atoms with Gasteiger partial charge in [0.15, 0.2) is 5.69 Å². The van der Waals surface area contributed by atoms with Gasteiger partial charge in [-0.2, -0.15) is 15.3 Å². The molecule has 1 unspecified atom stereocenters. The fourth-order valence-corrected chi connectivity index (χ4v) is 17.0. The Labute approximate surface area is 668 Å². The minimum Gasteiger partial charge on any atom is -0.477 e. The van der Waals surface area contributed by atoms with Gasteiger partial charge in [0, 0.05) is 32.1 Å². The molecule has 8 aromatic rings. The normalized spacial score (nSPS) is 15.6. The monoisotopic (exact) mass is 1640 g/mol. The summed E-state index contributed by atoms with van der Waals surface area (Å²) in [6.45, 7) is 27.9. The number of hydrogen-bond donors (Lipinski definition) is 4. The third-order valence-corrected chi connectivity index (χ3v) is 24.4. The zero-order chi connectivity index (χ0) is 81.3. The van der Waals surface area contributed by atoms with Crippen LogP contribution in [0.15, 0.2) is 142 Å². The Hall–Kier alpha value is -9.51. The number of carboxylic acids is 1. The highest BCUT2D eigenvalue weighted by Crippen LogP contribution is 2.25. The standard InChI is InChI=1S/C23H28ClN7O3S.C15H23N3O2S.C14H22N4O2S.C11H15N3.C9H8ClN3O2.C5H10O/c1-4-20-21(30-13-18(24)12-26-23(30)28-20)22(32)25-11-17-5-7-19(8-6-17)31-10-9-29(15-27-31)35(33,34)14-16(2)3;1-4-14-5-7-15(8-6-14)18-10-9-17(12-16-18)21(19,20)11-13(2)3;1-12(2)10-21(19,20)17-7-8-18(16-11-17)14-5-3-13(9-15)4-6-14;1-2-10-3-5-11(6-4-10)14-8-7-12-9-13-14;1-2-6-7(8(14)15)13-4-5(10)3-11-9(13)12-6;1-5-3-2-4-6-5/h5-8,12-13,15-16H,4,9-11,14H2,1-3H3,(H,25,32);5-8,12-13H,4,9-11H2,1-3H3;3-6,11-12H,7-10,15H2,1-2H3;3-6,9H,2,7-8H2,1H3,(H,12,13);3-4H,2H2,1H3,(H,14,15);5H,2-4H2,1H3. The van der Waals surface area contributed by atoms with Crippen LogP contribution < -0.4 is 36.5 Å². The van der Waals surface area contributed by atoms with Gasteiger partial charge in [0.2, 0.25) is 41.6 Å². The lowest BCUT2D eigenvalue weighted by Crippen LogP contribution is -2.42. The number of carbonyl (C=O) groups is 2. The number of imidazole rings is 2. The van der Waals surface area contributed by atoms with E-state index in [1.54, 1.807) is 27.0 Å². The molecule has 1 amide bonds. The summed E-state index contributed by atoms with van der Waals surface area (Å²) >= 11 is 11.8. The summed E-state index contributed by atoms with van der Waals surface area (Å²) < 4.78 is 85.5. The molecule has 0 spiro atoms. The van der Waals surface area contributed by atoms with Crippen molar-refractivity contribution in [2.75, 3.05) is 96.3 Å². The number of nitrogens with two attached hydrogens (primary N) is 1. The molecule has 1 fully saturated rings. The van der Waals surface area contributed by atoms with E-state index in [0.29, 0.717) is 110 Å². The average molecular weight is 1640 g/mol. The van der Waals surface area contributed by atoms with Crippen LogP contribution in [0.5, 0.6) is 0 Å². The lowest BCUT2D eigenvalue weighted by Gasteiger charge is -2.29. The molecule has 4 aromatic carbocycles. The number of anilines is 4. The maximum absolute atomic E-state index is 13.0. The van der Waals surface area contributed by atoms with Crippen LogP contribution in [-0.4, -0.2) is 192 Å². The van der Waals surface area contributed by atoms with E-state index >= 15 is 0 Å². The molecular formula is C77H106Cl2N20O10S3. The van der Waals surface area contributed by atoms with Crippen molar-refractivity contribution >= 4 is 125 Å². The first-order valence-electron chi connectivity index (χ1n) is 37.6. The molecule has 112 heavy (non-hydrogen) atoms. The highest BCUT2D eigenvalue weighted by atomic mass is 35.5. The van der Waals surface area contributed by atoms with Crippen molar-refractivity contribution in [1.82, 2.24) is 52.4 Å². The van der Waals surface area contributed by atoms with Gasteiger partial charge in [0.25, 0.3) is 5.91 Å². The number of amides is 1. The van der Waals surface area contributed by atoms with Crippen LogP contribution in [0.3, 0.4) is 0 Å². The molecular weight excluding hydrogens is 1530 g/mol. The molecule has 5 aliphatic heterocycles. The second-order valence-electron chi connectivity index (χ2n) is 28.0. The van der Waals surface area contributed by atoms with E-state index < -0.39 is 36.0 Å². The number of carbonyl (C=O) groups excluding carboxylic acids is 1. The smallest absolute Gasteiger partial charge is 0.354 e. The summed E-state index contributed by atoms with van der Waals surface area (Å²) in [5.41, 5.74) is 19.0. The van der Waals surface area contributed by atoms with E-state index in [1.807, 2.05) is 121 Å². The number of sulfonamides is 3. The number of aliphatic imine (C=N–C) groups is 1. The number of aryl methyl sites for hydroxylation is 4. The van der Waals surface area contributed by atoms with E-state index in [2.05, 4.69) is 113 Å². The van der Waals surface area contributed by atoms with Crippen LogP contribution >= 0.6 is 23.2 Å². The van der Waals surface area contributed by atoms with E-state index in [0.717, 1.165) is 60.7 Å². The fourth-order valence-electron chi connectivity index (χ4n) is 11.9. The van der Waals surface area contributed by atoms with Crippen molar-refractivity contribution in [3.05, 3.63) is 177 Å². The Balaban J connectivity index is 0.000000179. The number of aromatic carboxylic acids is 1. The number of nitrogens with one attached hydrogen (secondary N) is 2. The molecule has 0 radical (unpaired) electrons. The Kier molecular flexibility index (Phi) is 32.9. The Bertz CT molecular complexity index is 4740. The van der Waals surface area contributed by atoms with Crippen molar-refractivity contribution in [2.24, 2.45) is 43.8 Å². The quantitative estimate of drug-likeness (QED) is 0.0490. The Morgan fingerprint density at radius 2 is 0.946 bits per heavy atom. The first-order valence-corrected chi connectivity index (χ1v) is 43.2. The van der Waals surface area contributed by atoms with Crippen LogP contribution in [0, 0.1) is 17.8 Å². The van der Waals surface area contributed by atoms with Crippen molar-refractivity contribution in [2.45, 2.75) is 134 Å². The number of benzene rings is 4. The first-order chi connectivity index (χ1) is 53.4. The molecule has 1 saturated heterocycles.